The smallest absolute Gasteiger partial charge is 0.267 e. The highest BCUT2D eigenvalue weighted by Crippen LogP contribution is 2.31. The number of carbonyl (C=O) groups is 2. The number of para-hydroxylation sites is 2. The lowest BCUT2D eigenvalue weighted by Gasteiger charge is -2.37. The number of ether oxygens (including phenoxy) is 2. The summed E-state index contributed by atoms with van der Waals surface area (Å²) in [5, 5.41) is 2.00. The standard InChI is InChI=1S/C24H22N2O4/c27-23(19-9-5-7-17-6-1-2-8-18(17)19)25-12-14-26(15-13-25)24(28)22-16-29-20-10-3-4-11-21(20)30-22/h1-11,22H,12-16H2/t22-/m0/s1. The van der Waals surface area contributed by atoms with Crippen LogP contribution in [0.4, 0.5) is 0 Å². The predicted octanol–water partition coefficient (Wildman–Crippen LogP) is 2.96. The van der Waals surface area contributed by atoms with Crippen molar-refractivity contribution in [2.45, 2.75) is 6.10 Å². The summed E-state index contributed by atoms with van der Waals surface area (Å²) in [6.07, 6.45) is -0.653. The zero-order valence-corrected chi connectivity index (χ0v) is 16.5. The number of nitrogens with zero attached hydrogens (tertiary/aromatic N) is 2. The molecule has 152 valence electrons. The molecular formula is C24H22N2O4. The van der Waals surface area contributed by atoms with Gasteiger partial charge in [-0.2, -0.15) is 0 Å². The number of piperazine rings is 1. The number of carbonyl (C=O) groups excluding carboxylic acids is 2. The fraction of sp³-hybridized carbons (Fsp3) is 0.250. The minimum absolute atomic E-state index is 0.00470. The fourth-order valence-corrected chi connectivity index (χ4v) is 4.06. The van der Waals surface area contributed by atoms with Crippen LogP contribution in [0.3, 0.4) is 0 Å². The molecule has 0 bridgehead atoms. The van der Waals surface area contributed by atoms with Crippen molar-refractivity contribution in [3.05, 3.63) is 72.3 Å². The van der Waals surface area contributed by atoms with Crippen LogP contribution in [0.2, 0.25) is 0 Å². The first kappa shape index (κ1) is 18.5. The normalized spacial score (nSPS) is 18.3. The van der Waals surface area contributed by atoms with Crippen molar-refractivity contribution in [2.24, 2.45) is 0 Å². The number of benzene rings is 3. The minimum atomic E-state index is -0.653. The third kappa shape index (κ3) is 3.34. The summed E-state index contributed by atoms with van der Waals surface area (Å²) >= 11 is 0. The average Bonchev–Trinajstić information content (AvgIpc) is 2.82. The zero-order valence-electron chi connectivity index (χ0n) is 16.5. The Morgan fingerprint density at radius 1 is 0.767 bits per heavy atom. The summed E-state index contributed by atoms with van der Waals surface area (Å²) in [6.45, 7) is 2.16. The lowest BCUT2D eigenvalue weighted by Crippen LogP contribution is -2.55. The molecule has 2 amide bonds. The summed E-state index contributed by atoms with van der Waals surface area (Å²) in [5.74, 6) is 1.16. The van der Waals surface area contributed by atoms with E-state index in [0.717, 1.165) is 10.8 Å². The van der Waals surface area contributed by atoms with Crippen LogP contribution in [0.1, 0.15) is 10.4 Å². The molecule has 6 nitrogen and oxygen atoms in total. The van der Waals surface area contributed by atoms with Gasteiger partial charge in [0.1, 0.15) is 6.61 Å². The second-order valence-corrected chi connectivity index (χ2v) is 7.51. The first-order valence-electron chi connectivity index (χ1n) is 10.1. The summed E-state index contributed by atoms with van der Waals surface area (Å²) in [6, 6.07) is 21.0. The van der Waals surface area contributed by atoms with E-state index in [-0.39, 0.29) is 18.4 Å². The highest BCUT2D eigenvalue weighted by atomic mass is 16.6. The van der Waals surface area contributed by atoms with Crippen LogP contribution in [0, 0.1) is 0 Å². The second kappa shape index (κ2) is 7.71. The summed E-state index contributed by atoms with van der Waals surface area (Å²) in [4.78, 5) is 29.6. The van der Waals surface area contributed by atoms with Gasteiger partial charge in [0.15, 0.2) is 11.5 Å². The van der Waals surface area contributed by atoms with Crippen LogP contribution >= 0.6 is 0 Å². The van der Waals surface area contributed by atoms with Crippen molar-refractivity contribution >= 4 is 22.6 Å². The Morgan fingerprint density at radius 3 is 2.27 bits per heavy atom. The van der Waals surface area contributed by atoms with Gasteiger partial charge in [-0.1, -0.05) is 48.5 Å². The highest BCUT2D eigenvalue weighted by molar-refractivity contribution is 6.07. The molecule has 2 heterocycles. The van der Waals surface area contributed by atoms with E-state index in [1.807, 2.05) is 65.6 Å². The van der Waals surface area contributed by atoms with Gasteiger partial charge >= 0.3 is 0 Å². The predicted molar refractivity (Wildman–Crippen MR) is 113 cm³/mol. The van der Waals surface area contributed by atoms with Crippen molar-refractivity contribution in [3.8, 4) is 11.5 Å². The van der Waals surface area contributed by atoms with E-state index >= 15 is 0 Å². The number of fused-ring (bicyclic) bond motifs is 2. The molecule has 0 aromatic heterocycles. The van der Waals surface area contributed by atoms with E-state index in [1.54, 1.807) is 11.0 Å². The second-order valence-electron chi connectivity index (χ2n) is 7.51. The van der Waals surface area contributed by atoms with Gasteiger partial charge in [0.25, 0.3) is 11.8 Å². The number of rotatable bonds is 2. The molecule has 6 heteroatoms. The topological polar surface area (TPSA) is 59.1 Å². The molecule has 1 fully saturated rings. The molecule has 0 spiro atoms. The summed E-state index contributed by atoms with van der Waals surface area (Å²) in [7, 11) is 0. The molecule has 5 rings (SSSR count). The SMILES string of the molecule is O=C(c1cccc2ccccc12)N1CCN(C(=O)[C@@H]2COc3ccccc3O2)CC1. The van der Waals surface area contributed by atoms with E-state index in [9.17, 15) is 9.59 Å². The molecule has 2 aliphatic rings. The van der Waals surface area contributed by atoms with Crippen molar-refractivity contribution in [1.29, 1.82) is 0 Å². The molecule has 3 aromatic rings. The van der Waals surface area contributed by atoms with E-state index in [4.69, 9.17) is 9.47 Å². The molecule has 2 aliphatic heterocycles. The van der Waals surface area contributed by atoms with E-state index < -0.39 is 6.10 Å². The van der Waals surface area contributed by atoms with Gasteiger partial charge in [-0.25, -0.2) is 0 Å². The van der Waals surface area contributed by atoms with Gasteiger partial charge in [-0.05, 0) is 29.0 Å². The van der Waals surface area contributed by atoms with Crippen molar-refractivity contribution < 1.29 is 19.1 Å². The third-order valence-corrected chi connectivity index (χ3v) is 5.68. The molecule has 0 radical (unpaired) electrons. The molecular weight excluding hydrogens is 380 g/mol. The van der Waals surface area contributed by atoms with E-state index in [2.05, 4.69) is 0 Å². The Morgan fingerprint density at radius 2 is 1.43 bits per heavy atom. The number of hydrogen-bond donors (Lipinski definition) is 0. The largest absolute Gasteiger partial charge is 0.485 e. The molecule has 0 unspecified atom stereocenters. The van der Waals surface area contributed by atoms with Crippen LogP contribution in [0.15, 0.2) is 66.7 Å². The number of hydrogen-bond acceptors (Lipinski definition) is 4. The highest BCUT2D eigenvalue weighted by Gasteiger charge is 2.33. The molecule has 3 aromatic carbocycles. The van der Waals surface area contributed by atoms with Crippen LogP contribution in [0.25, 0.3) is 10.8 Å². The van der Waals surface area contributed by atoms with Gasteiger partial charge in [-0.3, -0.25) is 9.59 Å². The van der Waals surface area contributed by atoms with Gasteiger partial charge in [-0.15, -0.1) is 0 Å². The van der Waals surface area contributed by atoms with Crippen LogP contribution < -0.4 is 9.47 Å². The van der Waals surface area contributed by atoms with Crippen LogP contribution in [-0.2, 0) is 4.79 Å². The van der Waals surface area contributed by atoms with Crippen molar-refractivity contribution in [3.63, 3.8) is 0 Å². The van der Waals surface area contributed by atoms with Gasteiger partial charge in [0, 0.05) is 31.7 Å². The summed E-state index contributed by atoms with van der Waals surface area (Å²) in [5.41, 5.74) is 0.702. The molecule has 0 saturated carbocycles. The Balaban J connectivity index is 1.24. The van der Waals surface area contributed by atoms with E-state index in [1.165, 1.54) is 0 Å². The van der Waals surface area contributed by atoms with Crippen molar-refractivity contribution in [2.75, 3.05) is 32.8 Å². The molecule has 0 aliphatic carbocycles. The molecule has 1 atom stereocenters. The Labute approximate surface area is 174 Å². The maximum Gasteiger partial charge on any atom is 0.267 e. The maximum absolute atomic E-state index is 13.1. The molecule has 1 saturated heterocycles. The van der Waals surface area contributed by atoms with Crippen LogP contribution in [0.5, 0.6) is 11.5 Å². The lowest BCUT2D eigenvalue weighted by atomic mass is 10.0. The zero-order chi connectivity index (χ0) is 20.5. The first-order chi connectivity index (χ1) is 14.7. The Kier molecular flexibility index (Phi) is 4.75. The Bertz CT molecular complexity index is 1100. The quantitative estimate of drug-likeness (QED) is 0.661. The minimum Gasteiger partial charge on any atom is -0.485 e. The first-order valence-corrected chi connectivity index (χ1v) is 10.1. The van der Waals surface area contributed by atoms with E-state index in [0.29, 0.717) is 43.2 Å². The third-order valence-electron chi connectivity index (χ3n) is 5.68. The average molecular weight is 402 g/mol. The van der Waals surface area contributed by atoms with Crippen LogP contribution in [-0.4, -0.2) is 60.5 Å². The van der Waals surface area contributed by atoms with Gasteiger partial charge in [0.05, 0.1) is 0 Å². The lowest BCUT2D eigenvalue weighted by molar-refractivity contribution is -0.142. The monoisotopic (exact) mass is 402 g/mol. The van der Waals surface area contributed by atoms with Crippen molar-refractivity contribution in [1.82, 2.24) is 9.80 Å². The van der Waals surface area contributed by atoms with Gasteiger partial charge < -0.3 is 19.3 Å². The fourth-order valence-electron chi connectivity index (χ4n) is 4.06. The maximum atomic E-state index is 13.1. The molecule has 30 heavy (non-hydrogen) atoms. The Hall–Kier alpha value is -3.54. The molecule has 0 N–H and O–H groups in total. The van der Waals surface area contributed by atoms with Gasteiger partial charge in [0.2, 0.25) is 6.10 Å². The number of amides is 2. The summed E-state index contributed by atoms with van der Waals surface area (Å²) < 4.78 is 11.5.